The molecule has 0 fully saturated rings. The molecular formula is C13H17ClN2O3. The zero-order valence-electron chi connectivity index (χ0n) is 10.5. The molecule has 0 saturated heterocycles. The highest BCUT2D eigenvalue weighted by Gasteiger charge is 2.10. The van der Waals surface area contributed by atoms with Crippen LogP contribution < -0.4 is 10.6 Å². The number of carbonyl (C=O) groups excluding carboxylic acids is 2. The molecule has 0 aromatic heterocycles. The van der Waals surface area contributed by atoms with Gasteiger partial charge < -0.3 is 15.7 Å². The number of hydrogen-bond acceptors (Lipinski definition) is 3. The number of benzene rings is 1. The molecule has 0 atom stereocenters. The first-order valence-corrected chi connectivity index (χ1v) is 6.43. The van der Waals surface area contributed by atoms with Gasteiger partial charge in [-0.2, -0.15) is 0 Å². The minimum atomic E-state index is -0.379. The molecule has 1 aromatic rings. The van der Waals surface area contributed by atoms with Crippen LogP contribution in [0.2, 0.25) is 5.02 Å². The zero-order chi connectivity index (χ0) is 14.1. The second kappa shape index (κ2) is 8.50. The van der Waals surface area contributed by atoms with E-state index < -0.39 is 0 Å². The van der Waals surface area contributed by atoms with Gasteiger partial charge in [0.15, 0.2) is 0 Å². The van der Waals surface area contributed by atoms with Crippen molar-refractivity contribution >= 4 is 23.4 Å². The van der Waals surface area contributed by atoms with Gasteiger partial charge in [-0.1, -0.05) is 23.7 Å². The maximum Gasteiger partial charge on any atom is 0.253 e. The van der Waals surface area contributed by atoms with E-state index in [2.05, 4.69) is 10.6 Å². The monoisotopic (exact) mass is 284 g/mol. The van der Waals surface area contributed by atoms with Crippen LogP contribution in [0, 0.1) is 0 Å². The summed E-state index contributed by atoms with van der Waals surface area (Å²) in [6, 6.07) is 6.64. The van der Waals surface area contributed by atoms with Gasteiger partial charge in [-0.15, -0.1) is 0 Å². The lowest BCUT2D eigenvalue weighted by atomic mass is 10.2. The molecule has 2 amide bonds. The van der Waals surface area contributed by atoms with Gasteiger partial charge in [-0.05, 0) is 25.0 Å². The van der Waals surface area contributed by atoms with E-state index in [0.29, 0.717) is 30.0 Å². The smallest absolute Gasteiger partial charge is 0.253 e. The molecule has 0 unspecified atom stereocenters. The fourth-order valence-corrected chi connectivity index (χ4v) is 1.65. The van der Waals surface area contributed by atoms with Crippen molar-refractivity contribution in [3.8, 4) is 0 Å². The molecule has 0 saturated carbocycles. The lowest BCUT2D eigenvalue weighted by Gasteiger charge is -2.07. The number of amides is 2. The Bertz CT molecular complexity index is 438. The Balaban J connectivity index is 2.30. The summed E-state index contributed by atoms with van der Waals surface area (Å²) in [5, 5.41) is 14.1. The van der Waals surface area contributed by atoms with Crippen LogP contribution in [0.5, 0.6) is 0 Å². The first-order chi connectivity index (χ1) is 9.15. The van der Waals surface area contributed by atoms with E-state index in [4.69, 9.17) is 16.7 Å². The third-order valence-electron chi connectivity index (χ3n) is 2.44. The van der Waals surface area contributed by atoms with Crippen molar-refractivity contribution in [2.24, 2.45) is 0 Å². The third-order valence-corrected chi connectivity index (χ3v) is 2.76. The Morgan fingerprint density at radius 3 is 2.58 bits per heavy atom. The van der Waals surface area contributed by atoms with Gasteiger partial charge in [-0.3, -0.25) is 9.59 Å². The highest BCUT2D eigenvalue weighted by Crippen LogP contribution is 2.14. The average Bonchev–Trinajstić information content (AvgIpc) is 2.41. The van der Waals surface area contributed by atoms with Crippen LogP contribution in [0.3, 0.4) is 0 Å². The van der Waals surface area contributed by atoms with Crippen LogP contribution in [0.1, 0.15) is 23.2 Å². The topological polar surface area (TPSA) is 78.4 Å². The zero-order valence-corrected chi connectivity index (χ0v) is 11.2. The van der Waals surface area contributed by atoms with E-state index >= 15 is 0 Å². The molecule has 19 heavy (non-hydrogen) atoms. The van der Waals surface area contributed by atoms with Crippen molar-refractivity contribution in [1.29, 1.82) is 0 Å². The van der Waals surface area contributed by atoms with Gasteiger partial charge in [-0.25, -0.2) is 0 Å². The van der Waals surface area contributed by atoms with Gasteiger partial charge in [0.05, 0.1) is 17.1 Å². The fourth-order valence-electron chi connectivity index (χ4n) is 1.43. The van der Waals surface area contributed by atoms with Crippen molar-refractivity contribution < 1.29 is 14.7 Å². The summed E-state index contributed by atoms with van der Waals surface area (Å²) < 4.78 is 0. The molecule has 3 N–H and O–H groups in total. The van der Waals surface area contributed by atoms with Crippen LogP contribution >= 0.6 is 11.6 Å². The van der Waals surface area contributed by atoms with Crippen molar-refractivity contribution in [2.45, 2.75) is 12.8 Å². The van der Waals surface area contributed by atoms with Crippen molar-refractivity contribution in [1.82, 2.24) is 10.6 Å². The molecular weight excluding hydrogens is 268 g/mol. The molecule has 5 nitrogen and oxygen atoms in total. The van der Waals surface area contributed by atoms with E-state index in [0.717, 1.165) is 0 Å². The lowest BCUT2D eigenvalue weighted by Crippen LogP contribution is -2.37. The summed E-state index contributed by atoms with van der Waals surface area (Å²) in [6.07, 6.45) is 1.35. The molecule has 0 bridgehead atoms. The second-order valence-electron chi connectivity index (χ2n) is 3.94. The van der Waals surface area contributed by atoms with E-state index in [1.165, 1.54) is 0 Å². The number of hydrogen-bond donors (Lipinski definition) is 3. The summed E-state index contributed by atoms with van der Waals surface area (Å²) in [4.78, 5) is 23.1. The number of carbonyl (C=O) groups is 2. The Kier molecular flexibility index (Phi) is 6.92. The van der Waals surface area contributed by atoms with Gasteiger partial charge in [0.1, 0.15) is 0 Å². The van der Waals surface area contributed by atoms with Gasteiger partial charge in [0.2, 0.25) is 5.91 Å². The van der Waals surface area contributed by atoms with Gasteiger partial charge in [0, 0.05) is 13.2 Å². The Hall–Kier alpha value is -1.59. The summed E-state index contributed by atoms with van der Waals surface area (Å²) in [6.45, 7) is 0.504. The molecule has 1 rings (SSSR count). The van der Waals surface area contributed by atoms with Crippen molar-refractivity contribution in [2.75, 3.05) is 19.7 Å². The van der Waals surface area contributed by atoms with Crippen LogP contribution in [0.4, 0.5) is 0 Å². The molecule has 6 heteroatoms. The lowest BCUT2D eigenvalue weighted by molar-refractivity contribution is -0.120. The largest absolute Gasteiger partial charge is 0.396 e. The number of nitrogens with one attached hydrogen (secondary N) is 2. The quantitative estimate of drug-likeness (QED) is 0.653. The average molecular weight is 285 g/mol. The normalized spacial score (nSPS) is 10.0. The number of aliphatic hydroxyl groups is 1. The van der Waals surface area contributed by atoms with Crippen molar-refractivity contribution in [3.63, 3.8) is 0 Å². The Morgan fingerprint density at radius 1 is 1.16 bits per heavy atom. The van der Waals surface area contributed by atoms with Crippen molar-refractivity contribution in [3.05, 3.63) is 34.9 Å². The number of rotatable bonds is 7. The molecule has 104 valence electrons. The fraction of sp³-hybridized carbons (Fsp3) is 0.385. The summed E-state index contributed by atoms with van der Waals surface area (Å²) in [5.41, 5.74) is 0.345. The van der Waals surface area contributed by atoms with E-state index in [-0.39, 0.29) is 25.0 Å². The van der Waals surface area contributed by atoms with Crippen LogP contribution in [-0.2, 0) is 4.79 Å². The predicted octanol–water partition coefficient (Wildman–Crippen LogP) is 0.959. The number of unbranched alkanes of at least 4 members (excludes halogenated alkanes) is 1. The minimum Gasteiger partial charge on any atom is -0.396 e. The van der Waals surface area contributed by atoms with Gasteiger partial charge >= 0.3 is 0 Å². The predicted molar refractivity (Wildman–Crippen MR) is 73.1 cm³/mol. The molecule has 0 heterocycles. The highest BCUT2D eigenvalue weighted by molar-refractivity contribution is 6.33. The molecule has 0 aliphatic heterocycles. The highest BCUT2D eigenvalue weighted by atomic mass is 35.5. The maximum atomic E-state index is 11.7. The summed E-state index contributed by atoms with van der Waals surface area (Å²) >= 11 is 5.87. The molecule has 0 spiro atoms. The third kappa shape index (κ3) is 5.72. The van der Waals surface area contributed by atoms with E-state index in [9.17, 15) is 9.59 Å². The van der Waals surface area contributed by atoms with Crippen LogP contribution in [-0.4, -0.2) is 36.6 Å². The van der Waals surface area contributed by atoms with E-state index in [1.807, 2.05) is 0 Å². The van der Waals surface area contributed by atoms with Crippen LogP contribution in [0.25, 0.3) is 0 Å². The van der Waals surface area contributed by atoms with Gasteiger partial charge in [0.25, 0.3) is 5.91 Å². The number of aliphatic hydroxyl groups excluding tert-OH is 1. The molecule has 1 aromatic carbocycles. The second-order valence-corrected chi connectivity index (χ2v) is 4.35. The SMILES string of the molecule is O=C(CNC(=O)c1ccccc1Cl)NCCCCO. The first-order valence-electron chi connectivity index (χ1n) is 6.05. The Labute approximate surface area is 117 Å². The molecule has 0 aliphatic carbocycles. The molecule has 0 radical (unpaired) electrons. The Morgan fingerprint density at radius 2 is 1.89 bits per heavy atom. The summed E-state index contributed by atoms with van der Waals surface area (Å²) in [7, 11) is 0. The number of halogens is 1. The summed E-state index contributed by atoms with van der Waals surface area (Å²) in [5.74, 6) is -0.644. The maximum absolute atomic E-state index is 11.7. The minimum absolute atomic E-state index is 0.0941. The standard InChI is InChI=1S/C13H17ClN2O3/c14-11-6-2-1-5-10(11)13(19)16-9-12(18)15-7-3-4-8-17/h1-2,5-6,17H,3-4,7-9H2,(H,15,18)(H,16,19). The molecule has 0 aliphatic rings. The van der Waals surface area contributed by atoms with E-state index in [1.54, 1.807) is 24.3 Å². The first kappa shape index (κ1) is 15.5. The van der Waals surface area contributed by atoms with Crippen LogP contribution in [0.15, 0.2) is 24.3 Å².